The van der Waals surface area contributed by atoms with Crippen molar-refractivity contribution in [1.29, 1.82) is 0 Å². The van der Waals surface area contributed by atoms with Crippen LogP contribution in [0.3, 0.4) is 0 Å². The van der Waals surface area contributed by atoms with Crippen LogP contribution in [0, 0.1) is 6.92 Å². The fraction of sp³-hybridized carbons (Fsp3) is 0.136. The van der Waals surface area contributed by atoms with E-state index in [-0.39, 0.29) is 0 Å². The van der Waals surface area contributed by atoms with Gasteiger partial charge in [0.15, 0.2) is 11.5 Å². The second-order valence-corrected chi connectivity index (χ2v) is 5.92. The molecular formula is C22H22N2O2. The molecule has 4 heteroatoms. The molecule has 0 aliphatic carbocycles. The minimum Gasteiger partial charge on any atom is -0.493 e. The fourth-order valence-corrected chi connectivity index (χ4v) is 2.42. The minimum atomic E-state index is 0.500. The van der Waals surface area contributed by atoms with Crippen LogP contribution in [0.15, 0.2) is 77.9 Å². The Labute approximate surface area is 154 Å². The fourth-order valence-electron chi connectivity index (χ4n) is 2.42. The number of nitrogens with one attached hydrogen (secondary N) is 1. The Balaban J connectivity index is 1.64. The first kappa shape index (κ1) is 17.5. The van der Waals surface area contributed by atoms with E-state index in [2.05, 4.69) is 41.7 Å². The normalized spacial score (nSPS) is 10.7. The second-order valence-electron chi connectivity index (χ2n) is 5.92. The summed E-state index contributed by atoms with van der Waals surface area (Å²) in [6.07, 6.45) is 1.75. The second kappa shape index (κ2) is 8.72. The number of rotatable bonds is 7. The van der Waals surface area contributed by atoms with Crippen LogP contribution in [-0.4, -0.2) is 13.3 Å². The predicted octanol–water partition coefficient (Wildman–Crippen LogP) is 5.03. The summed E-state index contributed by atoms with van der Waals surface area (Å²) in [5.74, 6) is 1.39. The summed E-state index contributed by atoms with van der Waals surface area (Å²) in [5.41, 5.74) is 7.21. The van der Waals surface area contributed by atoms with Gasteiger partial charge in [0.25, 0.3) is 0 Å². The Kier molecular flexibility index (Phi) is 5.88. The Morgan fingerprint density at radius 3 is 2.42 bits per heavy atom. The number of anilines is 1. The molecule has 132 valence electrons. The van der Waals surface area contributed by atoms with Gasteiger partial charge in [-0.15, -0.1) is 0 Å². The van der Waals surface area contributed by atoms with Crippen LogP contribution in [0.1, 0.15) is 16.7 Å². The Bertz CT molecular complexity index is 859. The summed E-state index contributed by atoms with van der Waals surface area (Å²) >= 11 is 0. The van der Waals surface area contributed by atoms with Crippen molar-refractivity contribution in [2.75, 3.05) is 12.5 Å². The molecule has 26 heavy (non-hydrogen) atoms. The van der Waals surface area contributed by atoms with E-state index in [1.54, 1.807) is 13.3 Å². The van der Waals surface area contributed by atoms with E-state index in [4.69, 9.17) is 9.47 Å². The summed E-state index contributed by atoms with van der Waals surface area (Å²) in [4.78, 5) is 0. The quantitative estimate of drug-likeness (QED) is 0.482. The van der Waals surface area contributed by atoms with Gasteiger partial charge in [-0.25, -0.2) is 0 Å². The number of aryl methyl sites for hydroxylation is 1. The monoisotopic (exact) mass is 346 g/mol. The van der Waals surface area contributed by atoms with Crippen molar-refractivity contribution in [3.05, 3.63) is 89.5 Å². The van der Waals surface area contributed by atoms with E-state index in [0.29, 0.717) is 18.1 Å². The summed E-state index contributed by atoms with van der Waals surface area (Å²) in [5, 5.41) is 4.25. The highest BCUT2D eigenvalue weighted by atomic mass is 16.5. The molecule has 0 radical (unpaired) electrons. The number of ether oxygens (including phenoxy) is 2. The van der Waals surface area contributed by atoms with Gasteiger partial charge < -0.3 is 9.47 Å². The molecule has 0 aliphatic rings. The Morgan fingerprint density at radius 1 is 0.923 bits per heavy atom. The molecule has 3 rings (SSSR count). The summed E-state index contributed by atoms with van der Waals surface area (Å²) in [6.45, 7) is 2.57. The third-order valence-corrected chi connectivity index (χ3v) is 3.88. The van der Waals surface area contributed by atoms with Gasteiger partial charge >= 0.3 is 0 Å². The lowest BCUT2D eigenvalue weighted by molar-refractivity contribution is 0.284. The molecule has 0 heterocycles. The molecular weight excluding hydrogens is 324 g/mol. The number of benzene rings is 3. The van der Waals surface area contributed by atoms with E-state index in [0.717, 1.165) is 16.8 Å². The first-order chi connectivity index (χ1) is 12.7. The van der Waals surface area contributed by atoms with E-state index in [1.165, 1.54) is 5.56 Å². The molecule has 0 atom stereocenters. The van der Waals surface area contributed by atoms with Crippen LogP contribution in [-0.2, 0) is 6.61 Å². The van der Waals surface area contributed by atoms with Crippen molar-refractivity contribution in [2.45, 2.75) is 13.5 Å². The zero-order valence-electron chi connectivity index (χ0n) is 15.0. The van der Waals surface area contributed by atoms with Crippen LogP contribution >= 0.6 is 0 Å². The van der Waals surface area contributed by atoms with Crippen LogP contribution in [0.5, 0.6) is 11.5 Å². The predicted molar refractivity (Wildman–Crippen MR) is 106 cm³/mol. The van der Waals surface area contributed by atoms with Gasteiger partial charge in [0.2, 0.25) is 0 Å². The lowest BCUT2D eigenvalue weighted by Gasteiger charge is -2.11. The van der Waals surface area contributed by atoms with Gasteiger partial charge in [0.1, 0.15) is 6.61 Å². The maximum absolute atomic E-state index is 5.90. The Morgan fingerprint density at radius 2 is 1.69 bits per heavy atom. The SMILES string of the molecule is COc1cc(/C=N/Nc2ccccc2)ccc1OCc1ccc(C)cc1. The molecule has 0 aliphatic heterocycles. The highest BCUT2D eigenvalue weighted by molar-refractivity contribution is 5.81. The van der Waals surface area contributed by atoms with Crippen LogP contribution in [0.25, 0.3) is 0 Å². The number of hydrogen-bond donors (Lipinski definition) is 1. The molecule has 0 saturated carbocycles. The van der Waals surface area contributed by atoms with Crippen molar-refractivity contribution >= 4 is 11.9 Å². The minimum absolute atomic E-state index is 0.500. The highest BCUT2D eigenvalue weighted by Crippen LogP contribution is 2.28. The van der Waals surface area contributed by atoms with Crippen molar-refractivity contribution in [3.8, 4) is 11.5 Å². The van der Waals surface area contributed by atoms with E-state index >= 15 is 0 Å². The van der Waals surface area contributed by atoms with Gasteiger partial charge in [-0.1, -0.05) is 48.0 Å². The maximum atomic E-state index is 5.90. The largest absolute Gasteiger partial charge is 0.493 e. The molecule has 0 spiro atoms. The molecule has 0 saturated heterocycles. The molecule has 3 aromatic carbocycles. The first-order valence-corrected chi connectivity index (χ1v) is 8.45. The average molecular weight is 346 g/mol. The van der Waals surface area contributed by atoms with Gasteiger partial charge in [-0.3, -0.25) is 5.43 Å². The molecule has 4 nitrogen and oxygen atoms in total. The van der Waals surface area contributed by atoms with Crippen molar-refractivity contribution in [3.63, 3.8) is 0 Å². The van der Waals surface area contributed by atoms with E-state index < -0.39 is 0 Å². The summed E-state index contributed by atoms with van der Waals surface area (Å²) in [6, 6.07) is 23.8. The number of hydrazone groups is 1. The number of para-hydroxylation sites is 1. The van der Waals surface area contributed by atoms with Crippen LogP contribution in [0.4, 0.5) is 5.69 Å². The lowest BCUT2D eigenvalue weighted by Crippen LogP contribution is -1.98. The van der Waals surface area contributed by atoms with Gasteiger partial charge in [-0.05, 0) is 48.4 Å². The molecule has 0 unspecified atom stereocenters. The number of nitrogens with zero attached hydrogens (tertiary/aromatic N) is 1. The topological polar surface area (TPSA) is 42.8 Å². The van der Waals surface area contributed by atoms with E-state index in [9.17, 15) is 0 Å². The number of hydrogen-bond acceptors (Lipinski definition) is 4. The molecule has 0 bridgehead atoms. The summed E-state index contributed by atoms with van der Waals surface area (Å²) < 4.78 is 11.3. The number of methoxy groups -OCH3 is 1. The zero-order chi connectivity index (χ0) is 18.2. The molecule has 1 N–H and O–H groups in total. The highest BCUT2D eigenvalue weighted by Gasteiger charge is 2.05. The maximum Gasteiger partial charge on any atom is 0.161 e. The molecule has 3 aromatic rings. The standard InChI is InChI=1S/C22H22N2O2/c1-17-8-10-18(11-9-17)16-26-21-13-12-19(14-22(21)25-2)15-23-24-20-6-4-3-5-7-20/h3-15,24H,16H2,1-2H3/b23-15+. The van der Waals surface area contributed by atoms with Crippen molar-refractivity contribution in [1.82, 2.24) is 0 Å². The zero-order valence-corrected chi connectivity index (χ0v) is 15.0. The molecule has 0 amide bonds. The van der Waals surface area contributed by atoms with Gasteiger partial charge in [0, 0.05) is 0 Å². The third kappa shape index (κ3) is 4.86. The molecule has 0 aromatic heterocycles. The van der Waals surface area contributed by atoms with Crippen molar-refractivity contribution in [2.24, 2.45) is 5.10 Å². The average Bonchev–Trinajstić information content (AvgIpc) is 2.69. The van der Waals surface area contributed by atoms with Crippen molar-refractivity contribution < 1.29 is 9.47 Å². The summed E-state index contributed by atoms with van der Waals surface area (Å²) in [7, 11) is 1.64. The molecule has 0 fully saturated rings. The van der Waals surface area contributed by atoms with E-state index in [1.807, 2.05) is 48.5 Å². The lowest BCUT2D eigenvalue weighted by atomic mass is 10.2. The third-order valence-electron chi connectivity index (χ3n) is 3.88. The van der Waals surface area contributed by atoms with Crippen LogP contribution < -0.4 is 14.9 Å². The van der Waals surface area contributed by atoms with Crippen LogP contribution in [0.2, 0.25) is 0 Å². The van der Waals surface area contributed by atoms with Gasteiger partial charge in [0.05, 0.1) is 19.0 Å². The van der Waals surface area contributed by atoms with Gasteiger partial charge in [-0.2, -0.15) is 5.10 Å². The Hall–Kier alpha value is -3.27. The smallest absolute Gasteiger partial charge is 0.161 e. The first-order valence-electron chi connectivity index (χ1n) is 8.45.